The summed E-state index contributed by atoms with van der Waals surface area (Å²) in [6.07, 6.45) is 0. The molecular formula is C25H19ClN4O3S. The first-order valence-electron chi connectivity index (χ1n) is 10.2. The van der Waals surface area contributed by atoms with Gasteiger partial charge >= 0.3 is 0 Å². The van der Waals surface area contributed by atoms with Crippen LogP contribution in [0.1, 0.15) is 17.3 Å². The molecule has 2 amide bonds. The molecule has 4 rings (SSSR count). The fourth-order valence-corrected chi connectivity index (χ4v) is 3.95. The lowest BCUT2D eigenvalue weighted by Crippen LogP contribution is -2.20. The molecule has 0 unspecified atom stereocenters. The molecule has 2 N–H and O–H groups in total. The van der Waals surface area contributed by atoms with Crippen molar-refractivity contribution in [2.24, 2.45) is 0 Å². The molecule has 0 radical (unpaired) electrons. The number of hydrogen-bond donors (Lipinski definition) is 2. The molecule has 9 heteroatoms. The topological polar surface area (TPSA) is 93.1 Å². The van der Waals surface area contributed by atoms with Crippen LogP contribution in [0.3, 0.4) is 0 Å². The van der Waals surface area contributed by atoms with E-state index in [4.69, 9.17) is 11.6 Å². The highest BCUT2D eigenvalue weighted by Gasteiger charge is 2.09. The van der Waals surface area contributed by atoms with Crippen LogP contribution in [0.4, 0.5) is 11.4 Å². The van der Waals surface area contributed by atoms with E-state index < -0.39 is 0 Å². The Balaban J connectivity index is 1.47. The Labute approximate surface area is 204 Å². The van der Waals surface area contributed by atoms with E-state index in [-0.39, 0.29) is 17.4 Å². The summed E-state index contributed by atoms with van der Waals surface area (Å²) in [6, 6.07) is 23.9. The standard InChI is InChI=1S/C25H19ClN4O3S/c1-16(31)27-19-6-8-20(9-7-19)28-25(33)17-2-10-21(11-3-17)30-24(32)15-14-23(29-30)34-22-12-4-18(26)5-13-22/h2-15H,1H3,(H,27,31)(H,28,33). The predicted molar refractivity (Wildman–Crippen MR) is 134 cm³/mol. The molecule has 0 fully saturated rings. The number of amides is 2. The van der Waals surface area contributed by atoms with Crippen LogP contribution >= 0.6 is 23.4 Å². The number of aromatic nitrogens is 2. The van der Waals surface area contributed by atoms with Gasteiger partial charge in [-0.1, -0.05) is 23.4 Å². The number of carbonyl (C=O) groups excluding carboxylic acids is 2. The van der Waals surface area contributed by atoms with Crippen LogP contribution in [-0.2, 0) is 4.79 Å². The Morgan fingerprint density at radius 1 is 0.824 bits per heavy atom. The zero-order valence-electron chi connectivity index (χ0n) is 18.0. The van der Waals surface area contributed by atoms with E-state index in [2.05, 4.69) is 15.7 Å². The highest BCUT2D eigenvalue weighted by atomic mass is 35.5. The van der Waals surface area contributed by atoms with Crippen molar-refractivity contribution in [3.63, 3.8) is 0 Å². The van der Waals surface area contributed by atoms with Gasteiger partial charge in [-0.15, -0.1) is 0 Å². The average Bonchev–Trinajstić information content (AvgIpc) is 2.83. The largest absolute Gasteiger partial charge is 0.326 e. The Morgan fingerprint density at radius 3 is 2.06 bits per heavy atom. The molecule has 0 saturated heterocycles. The minimum absolute atomic E-state index is 0.167. The van der Waals surface area contributed by atoms with Crippen molar-refractivity contribution < 1.29 is 9.59 Å². The molecule has 0 saturated carbocycles. The van der Waals surface area contributed by atoms with Gasteiger partial charge in [0, 0.05) is 39.8 Å². The van der Waals surface area contributed by atoms with Gasteiger partial charge in [0.25, 0.3) is 11.5 Å². The van der Waals surface area contributed by atoms with Crippen LogP contribution in [0.25, 0.3) is 5.69 Å². The molecule has 0 aliphatic heterocycles. The average molecular weight is 491 g/mol. The quantitative estimate of drug-likeness (QED) is 0.385. The van der Waals surface area contributed by atoms with E-state index >= 15 is 0 Å². The zero-order chi connectivity index (χ0) is 24.1. The van der Waals surface area contributed by atoms with Crippen molar-refractivity contribution in [1.82, 2.24) is 9.78 Å². The minimum Gasteiger partial charge on any atom is -0.326 e. The highest BCUT2D eigenvalue weighted by Crippen LogP contribution is 2.26. The van der Waals surface area contributed by atoms with Gasteiger partial charge in [-0.25, -0.2) is 0 Å². The highest BCUT2D eigenvalue weighted by molar-refractivity contribution is 7.99. The maximum absolute atomic E-state index is 12.6. The summed E-state index contributed by atoms with van der Waals surface area (Å²) >= 11 is 7.34. The van der Waals surface area contributed by atoms with E-state index in [9.17, 15) is 14.4 Å². The minimum atomic E-state index is -0.300. The molecule has 0 atom stereocenters. The Morgan fingerprint density at radius 2 is 1.44 bits per heavy atom. The third kappa shape index (κ3) is 5.92. The second-order valence-corrected chi connectivity index (χ2v) is 8.77. The molecule has 1 aromatic heterocycles. The number of halogens is 1. The summed E-state index contributed by atoms with van der Waals surface area (Å²) in [4.78, 5) is 37.0. The number of nitrogens with one attached hydrogen (secondary N) is 2. The van der Waals surface area contributed by atoms with Crippen molar-refractivity contribution in [3.8, 4) is 5.69 Å². The van der Waals surface area contributed by atoms with Gasteiger partial charge in [-0.05, 0) is 78.9 Å². The number of nitrogens with zero attached hydrogens (tertiary/aromatic N) is 2. The summed E-state index contributed by atoms with van der Waals surface area (Å²) in [5, 5.41) is 11.2. The SMILES string of the molecule is CC(=O)Nc1ccc(NC(=O)c2ccc(-n3nc(Sc4ccc(Cl)cc4)ccc3=O)cc2)cc1. The number of rotatable bonds is 6. The van der Waals surface area contributed by atoms with Crippen molar-refractivity contribution in [1.29, 1.82) is 0 Å². The number of hydrogen-bond acceptors (Lipinski definition) is 5. The monoisotopic (exact) mass is 490 g/mol. The second-order valence-electron chi connectivity index (χ2n) is 7.24. The Hall–Kier alpha value is -3.88. The molecule has 4 aromatic rings. The van der Waals surface area contributed by atoms with Gasteiger partial charge in [0.05, 0.1) is 5.69 Å². The van der Waals surface area contributed by atoms with Gasteiger partial charge in [-0.3, -0.25) is 14.4 Å². The Bertz CT molecular complexity index is 1390. The lowest BCUT2D eigenvalue weighted by Gasteiger charge is -2.09. The summed E-state index contributed by atoms with van der Waals surface area (Å²) < 4.78 is 1.29. The second kappa shape index (κ2) is 10.4. The van der Waals surface area contributed by atoms with E-state index in [0.29, 0.717) is 32.7 Å². The molecule has 1 heterocycles. The summed E-state index contributed by atoms with van der Waals surface area (Å²) in [5.74, 6) is -0.467. The molecule has 170 valence electrons. The van der Waals surface area contributed by atoms with Crippen LogP contribution in [0, 0.1) is 0 Å². The van der Waals surface area contributed by atoms with Gasteiger partial charge < -0.3 is 10.6 Å². The Kier molecular flexibility index (Phi) is 7.10. The van der Waals surface area contributed by atoms with Crippen LogP contribution < -0.4 is 16.2 Å². The lowest BCUT2D eigenvalue weighted by atomic mass is 10.2. The van der Waals surface area contributed by atoms with Gasteiger partial charge in [0.15, 0.2) is 0 Å². The van der Waals surface area contributed by atoms with Crippen LogP contribution in [0.2, 0.25) is 5.02 Å². The predicted octanol–water partition coefficient (Wildman–Crippen LogP) is 5.25. The molecule has 7 nitrogen and oxygen atoms in total. The molecule has 0 aliphatic carbocycles. The maximum Gasteiger partial charge on any atom is 0.271 e. The third-order valence-electron chi connectivity index (χ3n) is 4.65. The fourth-order valence-electron chi connectivity index (χ4n) is 3.05. The smallest absolute Gasteiger partial charge is 0.271 e. The molecule has 0 spiro atoms. The van der Waals surface area contributed by atoms with Crippen molar-refractivity contribution in [2.45, 2.75) is 16.8 Å². The van der Waals surface area contributed by atoms with Crippen molar-refractivity contribution >= 4 is 46.6 Å². The fraction of sp³-hybridized carbons (Fsp3) is 0.0400. The summed E-state index contributed by atoms with van der Waals surface area (Å²) in [5.41, 5.74) is 1.92. The van der Waals surface area contributed by atoms with E-state index in [0.717, 1.165) is 4.90 Å². The maximum atomic E-state index is 12.6. The normalized spacial score (nSPS) is 10.5. The molecule has 3 aromatic carbocycles. The van der Waals surface area contributed by atoms with Gasteiger partial charge in [0.2, 0.25) is 5.91 Å². The van der Waals surface area contributed by atoms with Crippen LogP contribution in [-0.4, -0.2) is 21.6 Å². The number of anilines is 2. The first-order chi connectivity index (χ1) is 16.4. The van der Waals surface area contributed by atoms with Crippen molar-refractivity contribution in [3.05, 3.63) is 106 Å². The molecule has 0 aliphatic rings. The van der Waals surface area contributed by atoms with E-state index in [1.165, 1.54) is 29.4 Å². The zero-order valence-corrected chi connectivity index (χ0v) is 19.6. The molecule has 34 heavy (non-hydrogen) atoms. The third-order valence-corrected chi connectivity index (χ3v) is 5.84. The molecular weight excluding hydrogens is 472 g/mol. The number of benzene rings is 3. The van der Waals surface area contributed by atoms with E-state index in [1.54, 1.807) is 66.7 Å². The summed E-state index contributed by atoms with van der Waals surface area (Å²) in [7, 11) is 0. The summed E-state index contributed by atoms with van der Waals surface area (Å²) in [6.45, 7) is 1.43. The first kappa shape index (κ1) is 23.3. The van der Waals surface area contributed by atoms with Crippen LogP contribution in [0.5, 0.6) is 0 Å². The number of carbonyl (C=O) groups is 2. The van der Waals surface area contributed by atoms with Crippen molar-refractivity contribution in [2.75, 3.05) is 10.6 Å². The van der Waals surface area contributed by atoms with E-state index in [1.807, 2.05) is 12.1 Å². The first-order valence-corrected chi connectivity index (χ1v) is 11.4. The van der Waals surface area contributed by atoms with Crippen LogP contribution in [0.15, 0.2) is 99.6 Å². The molecule has 0 bridgehead atoms. The van der Waals surface area contributed by atoms with Gasteiger partial charge in [0.1, 0.15) is 5.03 Å². The van der Waals surface area contributed by atoms with Gasteiger partial charge in [-0.2, -0.15) is 9.78 Å². The lowest BCUT2D eigenvalue weighted by molar-refractivity contribution is -0.114.